The summed E-state index contributed by atoms with van der Waals surface area (Å²) in [5.74, 6) is -0.921. The average molecular weight is 411 g/mol. The first-order valence-electron chi connectivity index (χ1n) is 9.25. The molecule has 3 heterocycles. The standard InChI is InChI=1S/C21H21N3O4S/c1-21(2)20-23-16(17(25)19(27)24(20)8-9-28-21)18(26)22-11-13-5-3-4-6-15(13)14-7-10-29-12-14/h3-7,10,12,25H,8-9,11H2,1-2H3,(H,22,26). The van der Waals surface area contributed by atoms with Crippen LogP contribution in [0.15, 0.2) is 45.9 Å². The summed E-state index contributed by atoms with van der Waals surface area (Å²) in [6.45, 7) is 4.42. The van der Waals surface area contributed by atoms with E-state index in [1.54, 1.807) is 25.2 Å². The van der Waals surface area contributed by atoms with Crippen molar-refractivity contribution in [3.05, 3.63) is 68.5 Å². The number of aromatic nitrogens is 2. The number of carbonyl (C=O) groups is 1. The number of hydrogen-bond acceptors (Lipinski definition) is 6. The Morgan fingerprint density at radius 1 is 1.34 bits per heavy atom. The van der Waals surface area contributed by atoms with Crippen LogP contribution in [0.3, 0.4) is 0 Å². The average Bonchev–Trinajstić information content (AvgIpc) is 3.24. The van der Waals surface area contributed by atoms with Gasteiger partial charge in [0.05, 0.1) is 13.2 Å². The molecular weight excluding hydrogens is 390 g/mol. The molecule has 0 saturated heterocycles. The molecule has 29 heavy (non-hydrogen) atoms. The number of aromatic hydroxyl groups is 1. The topological polar surface area (TPSA) is 93.5 Å². The number of ether oxygens (including phenoxy) is 1. The second-order valence-electron chi connectivity index (χ2n) is 7.30. The first-order valence-corrected chi connectivity index (χ1v) is 10.2. The fourth-order valence-electron chi connectivity index (χ4n) is 3.46. The van der Waals surface area contributed by atoms with Gasteiger partial charge in [-0.2, -0.15) is 11.3 Å². The van der Waals surface area contributed by atoms with Crippen LogP contribution in [0, 0.1) is 0 Å². The highest BCUT2D eigenvalue weighted by atomic mass is 32.1. The summed E-state index contributed by atoms with van der Waals surface area (Å²) in [7, 11) is 0. The van der Waals surface area contributed by atoms with Crippen molar-refractivity contribution in [2.24, 2.45) is 0 Å². The Morgan fingerprint density at radius 3 is 2.90 bits per heavy atom. The van der Waals surface area contributed by atoms with Gasteiger partial charge in [-0.3, -0.25) is 14.2 Å². The molecular formula is C21H21N3O4S. The van der Waals surface area contributed by atoms with Gasteiger partial charge in [0.15, 0.2) is 5.69 Å². The van der Waals surface area contributed by atoms with Crippen molar-refractivity contribution in [3.8, 4) is 16.9 Å². The molecule has 1 aliphatic heterocycles. The number of nitrogens with zero attached hydrogens (tertiary/aromatic N) is 2. The van der Waals surface area contributed by atoms with E-state index >= 15 is 0 Å². The fourth-order valence-corrected chi connectivity index (χ4v) is 4.12. The summed E-state index contributed by atoms with van der Waals surface area (Å²) in [5, 5.41) is 17.1. The van der Waals surface area contributed by atoms with Gasteiger partial charge in [0, 0.05) is 6.54 Å². The molecule has 0 saturated carbocycles. The third kappa shape index (κ3) is 3.56. The largest absolute Gasteiger partial charge is 0.501 e. The molecule has 0 atom stereocenters. The van der Waals surface area contributed by atoms with E-state index in [0.29, 0.717) is 12.4 Å². The van der Waals surface area contributed by atoms with Gasteiger partial charge in [-0.1, -0.05) is 24.3 Å². The van der Waals surface area contributed by atoms with E-state index in [9.17, 15) is 14.7 Å². The van der Waals surface area contributed by atoms with E-state index in [4.69, 9.17) is 4.74 Å². The summed E-state index contributed by atoms with van der Waals surface area (Å²) in [6, 6.07) is 9.78. The molecule has 7 nitrogen and oxygen atoms in total. The zero-order valence-electron chi connectivity index (χ0n) is 16.1. The SMILES string of the molecule is CC1(C)OCCn2c1nc(C(=O)NCc1ccccc1-c1ccsc1)c(O)c2=O. The van der Waals surface area contributed by atoms with Crippen molar-refractivity contribution in [2.45, 2.75) is 32.5 Å². The van der Waals surface area contributed by atoms with Crippen LogP contribution in [0.25, 0.3) is 11.1 Å². The van der Waals surface area contributed by atoms with Crippen LogP contribution in [0.2, 0.25) is 0 Å². The molecule has 3 aromatic rings. The molecule has 0 aliphatic carbocycles. The minimum absolute atomic E-state index is 0.240. The Labute approximate surface area is 171 Å². The Bertz CT molecular complexity index is 1120. The van der Waals surface area contributed by atoms with Crippen LogP contribution >= 0.6 is 11.3 Å². The molecule has 1 amide bonds. The Hall–Kier alpha value is -2.97. The lowest BCUT2D eigenvalue weighted by atomic mass is 10.0. The molecule has 0 bridgehead atoms. The van der Waals surface area contributed by atoms with Crippen LogP contribution in [0.5, 0.6) is 5.75 Å². The number of amides is 1. The predicted octanol–water partition coefficient (Wildman–Crippen LogP) is 2.87. The summed E-state index contributed by atoms with van der Waals surface area (Å²) < 4.78 is 7.04. The maximum absolute atomic E-state index is 12.8. The van der Waals surface area contributed by atoms with Crippen LogP contribution in [0.4, 0.5) is 0 Å². The van der Waals surface area contributed by atoms with Gasteiger partial charge in [0.2, 0.25) is 5.75 Å². The number of fused-ring (bicyclic) bond motifs is 1. The van der Waals surface area contributed by atoms with E-state index in [0.717, 1.165) is 16.7 Å². The molecule has 4 rings (SSSR count). The summed E-state index contributed by atoms with van der Waals surface area (Å²) >= 11 is 1.60. The molecule has 2 N–H and O–H groups in total. The highest BCUT2D eigenvalue weighted by Crippen LogP contribution is 2.28. The normalized spacial score (nSPS) is 15.0. The summed E-state index contributed by atoms with van der Waals surface area (Å²) in [6.07, 6.45) is 0. The third-order valence-electron chi connectivity index (χ3n) is 4.97. The van der Waals surface area contributed by atoms with Gasteiger partial charge in [-0.25, -0.2) is 4.98 Å². The lowest BCUT2D eigenvalue weighted by molar-refractivity contribution is -0.0566. The highest BCUT2D eigenvalue weighted by Gasteiger charge is 2.34. The van der Waals surface area contributed by atoms with Crippen molar-refractivity contribution in [1.82, 2.24) is 14.9 Å². The Morgan fingerprint density at radius 2 is 2.14 bits per heavy atom. The number of benzene rings is 1. The molecule has 8 heteroatoms. The van der Waals surface area contributed by atoms with E-state index in [1.807, 2.05) is 41.1 Å². The van der Waals surface area contributed by atoms with Crippen LogP contribution in [-0.2, 0) is 23.4 Å². The van der Waals surface area contributed by atoms with E-state index in [-0.39, 0.29) is 18.8 Å². The van der Waals surface area contributed by atoms with E-state index in [1.165, 1.54) is 4.57 Å². The fraction of sp³-hybridized carbons (Fsp3) is 0.286. The molecule has 0 unspecified atom stereocenters. The van der Waals surface area contributed by atoms with Crippen molar-refractivity contribution < 1.29 is 14.6 Å². The first-order chi connectivity index (χ1) is 13.9. The van der Waals surface area contributed by atoms with Crippen molar-refractivity contribution >= 4 is 17.2 Å². The molecule has 0 spiro atoms. The highest BCUT2D eigenvalue weighted by molar-refractivity contribution is 7.08. The minimum Gasteiger partial charge on any atom is -0.501 e. The zero-order chi connectivity index (χ0) is 20.6. The Balaban J connectivity index is 1.63. The molecule has 2 aromatic heterocycles. The monoisotopic (exact) mass is 411 g/mol. The third-order valence-corrected chi connectivity index (χ3v) is 5.65. The number of nitrogens with one attached hydrogen (secondary N) is 1. The molecule has 1 aromatic carbocycles. The minimum atomic E-state index is -0.828. The van der Waals surface area contributed by atoms with Crippen LogP contribution in [0.1, 0.15) is 35.7 Å². The number of hydrogen-bond donors (Lipinski definition) is 2. The number of carbonyl (C=O) groups excluding carboxylic acids is 1. The van der Waals surface area contributed by atoms with Crippen molar-refractivity contribution in [3.63, 3.8) is 0 Å². The van der Waals surface area contributed by atoms with Crippen molar-refractivity contribution in [2.75, 3.05) is 6.61 Å². The number of thiophene rings is 1. The second-order valence-corrected chi connectivity index (χ2v) is 8.08. The Kier molecular flexibility index (Phi) is 4.97. The lowest BCUT2D eigenvalue weighted by Crippen LogP contribution is -2.42. The quantitative estimate of drug-likeness (QED) is 0.689. The smallest absolute Gasteiger partial charge is 0.296 e. The maximum atomic E-state index is 12.8. The predicted molar refractivity (Wildman–Crippen MR) is 110 cm³/mol. The van der Waals surface area contributed by atoms with Gasteiger partial charge >= 0.3 is 0 Å². The summed E-state index contributed by atoms with van der Waals surface area (Å²) in [5.41, 5.74) is 1.28. The lowest BCUT2D eigenvalue weighted by Gasteiger charge is -2.32. The zero-order valence-corrected chi connectivity index (χ0v) is 17.0. The van der Waals surface area contributed by atoms with Crippen LogP contribution < -0.4 is 10.9 Å². The van der Waals surface area contributed by atoms with E-state index < -0.39 is 22.8 Å². The maximum Gasteiger partial charge on any atom is 0.296 e. The van der Waals surface area contributed by atoms with E-state index in [2.05, 4.69) is 10.3 Å². The van der Waals surface area contributed by atoms with Gasteiger partial charge in [0.25, 0.3) is 11.5 Å². The second kappa shape index (κ2) is 7.46. The molecule has 1 aliphatic rings. The molecule has 150 valence electrons. The summed E-state index contributed by atoms with van der Waals surface area (Å²) in [4.78, 5) is 29.6. The van der Waals surface area contributed by atoms with Gasteiger partial charge in [0.1, 0.15) is 11.4 Å². The van der Waals surface area contributed by atoms with Crippen molar-refractivity contribution in [1.29, 1.82) is 0 Å². The van der Waals surface area contributed by atoms with Gasteiger partial charge in [-0.15, -0.1) is 0 Å². The van der Waals surface area contributed by atoms with Gasteiger partial charge < -0.3 is 15.2 Å². The van der Waals surface area contributed by atoms with Crippen LogP contribution in [-0.4, -0.2) is 27.2 Å². The van der Waals surface area contributed by atoms with Gasteiger partial charge in [-0.05, 0) is 47.4 Å². The molecule has 0 radical (unpaired) electrons. The first kappa shape index (κ1) is 19.4. The molecule has 0 fully saturated rings. The number of rotatable bonds is 4.